The summed E-state index contributed by atoms with van der Waals surface area (Å²) >= 11 is 0. The van der Waals surface area contributed by atoms with Crippen LogP contribution in [0.5, 0.6) is 5.75 Å². The molecule has 2 aromatic rings. The van der Waals surface area contributed by atoms with Gasteiger partial charge in [-0.2, -0.15) is 0 Å². The van der Waals surface area contributed by atoms with Gasteiger partial charge >= 0.3 is 0 Å². The Hall–Kier alpha value is -1.55. The summed E-state index contributed by atoms with van der Waals surface area (Å²) in [5.74, 6) is 1.62. The molecule has 0 aliphatic carbocycles. The number of hydrogen-bond donors (Lipinski definition) is 2. The van der Waals surface area contributed by atoms with E-state index in [9.17, 15) is 0 Å². The average molecular weight is 231 g/mol. The molecule has 4 nitrogen and oxygen atoms in total. The Morgan fingerprint density at radius 1 is 1.29 bits per heavy atom. The largest absolute Gasteiger partial charge is 0.493 e. The number of nitrogens with zero attached hydrogens (tertiary/aromatic N) is 1. The SMILES string of the molecule is c1nc2ccc(OCC3CCNCC3)cc2[nH]1. The summed E-state index contributed by atoms with van der Waals surface area (Å²) in [7, 11) is 0. The van der Waals surface area contributed by atoms with Gasteiger partial charge < -0.3 is 15.0 Å². The molecule has 0 amide bonds. The molecule has 90 valence electrons. The summed E-state index contributed by atoms with van der Waals surface area (Å²) in [6.07, 6.45) is 4.14. The molecular weight excluding hydrogens is 214 g/mol. The van der Waals surface area contributed by atoms with Gasteiger partial charge in [-0.15, -0.1) is 0 Å². The lowest BCUT2D eigenvalue weighted by Gasteiger charge is -2.22. The van der Waals surface area contributed by atoms with E-state index in [0.717, 1.165) is 36.5 Å². The predicted molar refractivity (Wildman–Crippen MR) is 67.2 cm³/mol. The third-order valence-corrected chi connectivity index (χ3v) is 3.34. The van der Waals surface area contributed by atoms with Crippen molar-refractivity contribution in [2.45, 2.75) is 12.8 Å². The fourth-order valence-corrected chi connectivity index (χ4v) is 2.27. The van der Waals surface area contributed by atoms with Gasteiger partial charge in [-0.25, -0.2) is 4.98 Å². The molecule has 0 spiro atoms. The Labute approximate surface area is 100 Å². The van der Waals surface area contributed by atoms with Gasteiger partial charge in [0, 0.05) is 6.07 Å². The van der Waals surface area contributed by atoms with Gasteiger partial charge in [0.1, 0.15) is 5.75 Å². The molecule has 0 unspecified atom stereocenters. The van der Waals surface area contributed by atoms with Crippen molar-refractivity contribution in [1.29, 1.82) is 0 Å². The molecule has 1 aromatic heterocycles. The van der Waals surface area contributed by atoms with Crippen molar-refractivity contribution in [2.24, 2.45) is 5.92 Å². The van der Waals surface area contributed by atoms with Crippen LogP contribution in [0.4, 0.5) is 0 Å². The minimum Gasteiger partial charge on any atom is -0.493 e. The first-order chi connectivity index (χ1) is 8.42. The Morgan fingerprint density at radius 2 is 2.18 bits per heavy atom. The first-order valence-corrected chi connectivity index (χ1v) is 6.18. The number of piperidine rings is 1. The lowest BCUT2D eigenvalue weighted by molar-refractivity contribution is 0.215. The van der Waals surface area contributed by atoms with Crippen molar-refractivity contribution in [2.75, 3.05) is 19.7 Å². The van der Waals surface area contributed by atoms with Crippen LogP contribution < -0.4 is 10.1 Å². The van der Waals surface area contributed by atoms with Crippen molar-refractivity contribution in [1.82, 2.24) is 15.3 Å². The summed E-state index contributed by atoms with van der Waals surface area (Å²) in [5, 5.41) is 3.36. The number of aromatic amines is 1. The van der Waals surface area contributed by atoms with Crippen LogP contribution in [-0.4, -0.2) is 29.7 Å². The van der Waals surface area contributed by atoms with E-state index in [2.05, 4.69) is 15.3 Å². The Morgan fingerprint density at radius 3 is 3.06 bits per heavy atom. The van der Waals surface area contributed by atoms with Crippen LogP contribution in [-0.2, 0) is 0 Å². The number of nitrogens with one attached hydrogen (secondary N) is 2. The van der Waals surface area contributed by atoms with Gasteiger partial charge in [0.05, 0.1) is 24.0 Å². The van der Waals surface area contributed by atoms with Crippen molar-refractivity contribution in [3.8, 4) is 5.75 Å². The van der Waals surface area contributed by atoms with Crippen LogP contribution in [0.1, 0.15) is 12.8 Å². The van der Waals surface area contributed by atoms with E-state index in [1.165, 1.54) is 12.8 Å². The van der Waals surface area contributed by atoms with E-state index in [1.807, 2.05) is 18.2 Å². The highest BCUT2D eigenvalue weighted by atomic mass is 16.5. The summed E-state index contributed by atoms with van der Waals surface area (Å²) < 4.78 is 5.85. The number of imidazole rings is 1. The molecule has 4 heteroatoms. The third kappa shape index (κ3) is 2.42. The van der Waals surface area contributed by atoms with E-state index in [1.54, 1.807) is 6.33 Å². The summed E-state index contributed by atoms with van der Waals surface area (Å²) in [5.41, 5.74) is 2.02. The van der Waals surface area contributed by atoms with Crippen molar-refractivity contribution < 1.29 is 4.74 Å². The second-order valence-corrected chi connectivity index (χ2v) is 4.59. The first-order valence-electron chi connectivity index (χ1n) is 6.18. The van der Waals surface area contributed by atoms with Crippen LogP contribution in [0.2, 0.25) is 0 Å². The molecule has 2 N–H and O–H groups in total. The highest BCUT2D eigenvalue weighted by Crippen LogP contribution is 2.20. The molecule has 3 rings (SSSR count). The van der Waals surface area contributed by atoms with Crippen LogP contribution in [0.15, 0.2) is 24.5 Å². The minimum absolute atomic E-state index is 0.689. The maximum Gasteiger partial charge on any atom is 0.121 e. The Balaban J connectivity index is 1.63. The summed E-state index contributed by atoms with van der Waals surface area (Å²) in [6, 6.07) is 6.00. The number of ether oxygens (including phenoxy) is 1. The standard InChI is InChI=1S/C13H17N3O/c1-2-12-13(16-9-15-12)7-11(1)17-8-10-3-5-14-6-4-10/h1-2,7,9-10,14H,3-6,8H2,(H,15,16). The second kappa shape index (κ2) is 4.75. The van der Waals surface area contributed by atoms with Gasteiger partial charge in [-0.1, -0.05) is 0 Å². The second-order valence-electron chi connectivity index (χ2n) is 4.59. The molecular formula is C13H17N3O. The van der Waals surface area contributed by atoms with Crippen LogP contribution >= 0.6 is 0 Å². The zero-order chi connectivity index (χ0) is 11.5. The van der Waals surface area contributed by atoms with Gasteiger partial charge in [0.15, 0.2) is 0 Å². The molecule has 1 fully saturated rings. The number of H-pyrrole nitrogens is 1. The first kappa shape index (κ1) is 10.6. The number of aromatic nitrogens is 2. The van der Waals surface area contributed by atoms with Crippen LogP contribution in [0, 0.1) is 5.92 Å². The fourth-order valence-electron chi connectivity index (χ4n) is 2.27. The van der Waals surface area contributed by atoms with Gasteiger partial charge in [-0.05, 0) is 44.0 Å². The maximum atomic E-state index is 5.85. The number of hydrogen-bond acceptors (Lipinski definition) is 3. The topological polar surface area (TPSA) is 49.9 Å². The number of benzene rings is 1. The molecule has 1 aliphatic heterocycles. The smallest absolute Gasteiger partial charge is 0.121 e. The molecule has 1 aliphatic rings. The predicted octanol–water partition coefficient (Wildman–Crippen LogP) is 1.94. The van der Waals surface area contributed by atoms with Crippen molar-refractivity contribution in [3.05, 3.63) is 24.5 Å². The Bertz CT molecular complexity index is 488. The Kier molecular flexibility index (Phi) is 2.96. The number of fused-ring (bicyclic) bond motifs is 1. The molecule has 17 heavy (non-hydrogen) atoms. The summed E-state index contributed by atoms with van der Waals surface area (Å²) in [6.45, 7) is 3.06. The molecule has 0 radical (unpaired) electrons. The van der Waals surface area contributed by atoms with E-state index < -0.39 is 0 Å². The molecule has 0 bridgehead atoms. The monoisotopic (exact) mass is 231 g/mol. The normalized spacial score (nSPS) is 17.4. The minimum atomic E-state index is 0.689. The zero-order valence-electron chi connectivity index (χ0n) is 9.78. The summed E-state index contributed by atoms with van der Waals surface area (Å²) in [4.78, 5) is 7.29. The zero-order valence-corrected chi connectivity index (χ0v) is 9.78. The highest BCUT2D eigenvalue weighted by Gasteiger charge is 2.13. The van der Waals surface area contributed by atoms with E-state index in [-0.39, 0.29) is 0 Å². The van der Waals surface area contributed by atoms with Gasteiger partial charge in [0.25, 0.3) is 0 Å². The van der Waals surface area contributed by atoms with Gasteiger partial charge in [0.2, 0.25) is 0 Å². The van der Waals surface area contributed by atoms with Crippen molar-refractivity contribution >= 4 is 11.0 Å². The molecule has 1 aromatic carbocycles. The number of rotatable bonds is 3. The molecule has 0 saturated carbocycles. The van der Waals surface area contributed by atoms with Crippen molar-refractivity contribution in [3.63, 3.8) is 0 Å². The lowest BCUT2D eigenvalue weighted by atomic mass is 9.99. The van der Waals surface area contributed by atoms with Crippen LogP contribution in [0.25, 0.3) is 11.0 Å². The van der Waals surface area contributed by atoms with E-state index >= 15 is 0 Å². The van der Waals surface area contributed by atoms with Crippen LogP contribution in [0.3, 0.4) is 0 Å². The lowest BCUT2D eigenvalue weighted by Crippen LogP contribution is -2.30. The maximum absolute atomic E-state index is 5.85. The van der Waals surface area contributed by atoms with E-state index in [4.69, 9.17) is 4.74 Å². The molecule has 1 saturated heterocycles. The molecule has 0 atom stereocenters. The molecule has 2 heterocycles. The van der Waals surface area contributed by atoms with Gasteiger partial charge in [-0.3, -0.25) is 0 Å². The highest BCUT2D eigenvalue weighted by molar-refractivity contribution is 5.75. The fraction of sp³-hybridized carbons (Fsp3) is 0.462. The third-order valence-electron chi connectivity index (χ3n) is 3.34. The quantitative estimate of drug-likeness (QED) is 0.848. The van der Waals surface area contributed by atoms with E-state index in [0.29, 0.717) is 5.92 Å². The average Bonchev–Trinajstić information content (AvgIpc) is 2.85.